The summed E-state index contributed by atoms with van der Waals surface area (Å²) in [6, 6.07) is 0. The number of rotatable bonds is 1. The molecule has 0 aromatic rings. The molecule has 4 saturated heterocycles. The lowest BCUT2D eigenvalue weighted by molar-refractivity contribution is -0.127. The Balaban J connectivity index is 0.000000216. The lowest BCUT2D eigenvalue weighted by Gasteiger charge is -2.41. The minimum absolute atomic E-state index is 0.0956. The van der Waals surface area contributed by atoms with Crippen LogP contribution in [0, 0.1) is 5.92 Å². The summed E-state index contributed by atoms with van der Waals surface area (Å²) in [5.41, 5.74) is 0.347. The maximum absolute atomic E-state index is 12.0. The van der Waals surface area contributed by atoms with Gasteiger partial charge in [0.2, 0.25) is 5.12 Å². The number of likely N-dealkylation sites (tertiary alicyclic amines) is 2. The topological polar surface area (TPSA) is 113 Å². The van der Waals surface area contributed by atoms with Crippen LogP contribution in [0.5, 0.6) is 0 Å². The Labute approximate surface area is 240 Å². The molecule has 39 heavy (non-hydrogen) atoms. The molecule has 1 unspecified atom stereocenters. The Hall–Kier alpha value is -1.72. The number of carbonyl (C=O) groups is 4. The lowest BCUT2D eigenvalue weighted by atomic mass is 9.79. The minimum atomic E-state index is -0.945. The van der Waals surface area contributed by atoms with Crippen LogP contribution < -0.4 is 0 Å². The van der Waals surface area contributed by atoms with Crippen LogP contribution in [0.25, 0.3) is 0 Å². The number of ether oxygens (including phenoxy) is 2. The third kappa shape index (κ3) is 9.14. The van der Waals surface area contributed by atoms with Crippen LogP contribution in [-0.4, -0.2) is 91.8 Å². The van der Waals surface area contributed by atoms with Gasteiger partial charge in [-0.2, -0.15) is 0 Å². The maximum Gasteiger partial charge on any atom is 0.410 e. The van der Waals surface area contributed by atoms with E-state index in [-0.39, 0.29) is 28.3 Å². The van der Waals surface area contributed by atoms with Crippen LogP contribution in [-0.2, 0) is 19.1 Å². The second-order valence-electron chi connectivity index (χ2n) is 12.5. The second kappa shape index (κ2) is 12.9. The quantitative estimate of drug-likeness (QED) is 0.425. The molecule has 4 rings (SSSR count). The van der Waals surface area contributed by atoms with Crippen molar-refractivity contribution >= 4 is 45.9 Å². The predicted molar refractivity (Wildman–Crippen MR) is 154 cm³/mol. The Morgan fingerprint density at radius 2 is 1.33 bits per heavy atom. The molecule has 4 aliphatic heterocycles. The molecule has 2 amide bonds. The van der Waals surface area contributed by atoms with E-state index in [0.29, 0.717) is 39.0 Å². The van der Waals surface area contributed by atoms with Gasteiger partial charge in [0.15, 0.2) is 5.12 Å². The van der Waals surface area contributed by atoms with Crippen molar-refractivity contribution in [2.75, 3.05) is 37.7 Å². The normalized spacial score (nSPS) is 23.9. The van der Waals surface area contributed by atoms with Crippen molar-refractivity contribution in [3.63, 3.8) is 0 Å². The molecule has 1 atom stereocenters. The molecule has 4 aliphatic rings. The number of amides is 2. The van der Waals surface area contributed by atoms with E-state index in [4.69, 9.17) is 9.47 Å². The highest BCUT2D eigenvalue weighted by atomic mass is 32.2. The summed E-state index contributed by atoms with van der Waals surface area (Å²) in [6.45, 7) is 13.3. The fraction of sp³-hybridized carbons (Fsp3) is 0.786. The third-order valence-electron chi connectivity index (χ3n) is 7.14. The van der Waals surface area contributed by atoms with Gasteiger partial charge in [0.05, 0.1) is 11.5 Å². The number of piperidine rings is 2. The van der Waals surface area contributed by atoms with Gasteiger partial charge in [-0.1, -0.05) is 29.1 Å². The van der Waals surface area contributed by atoms with Gasteiger partial charge in [0, 0.05) is 43.3 Å². The molecule has 0 aromatic carbocycles. The number of aliphatic hydroxyl groups is 1. The third-order valence-corrected chi connectivity index (χ3v) is 9.07. The smallest absolute Gasteiger partial charge is 0.410 e. The SMILES string of the molecule is CC(C)(C)OC(=O)N1CCC(=C2CCSC2=O)CC1.CC(C)(C)OC(=O)N1CCC(O)(C2CCSC2=O)CC1. The van der Waals surface area contributed by atoms with Crippen LogP contribution in [0.4, 0.5) is 9.59 Å². The number of nitrogens with zero attached hydrogens (tertiary/aromatic N) is 2. The molecule has 0 aromatic heterocycles. The molecule has 0 aliphatic carbocycles. The molecule has 11 heteroatoms. The van der Waals surface area contributed by atoms with Crippen molar-refractivity contribution in [2.45, 2.75) is 96.9 Å². The highest BCUT2D eigenvalue weighted by molar-refractivity contribution is 8.14. The molecule has 0 radical (unpaired) electrons. The lowest BCUT2D eigenvalue weighted by Crippen LogP contribution is -2.52. The largest absolute Gasteiger partial charge is 0.444 e. The molecule has 1 N–H and O–H groups in total. The molecule has 220 valence electrons. The summed E-state index contributed by atoms with van der Waals surface area (Å²) < 4.78 is 10.7. The summed E-state index contributed by atoms with van der Waals surface area (Å²) in [6.07, 6.45) is 3.56. The first-order chi connectivity index (χ1) is 18.1. The Morgan fingerprint density at radius 3 is 1.74 bits per heavy atom. The van der Waals surface area contributed by atoms with Gasteiger partial charge in [-0.15, -0.1) is 0 Å². The fourth-order valence-corrected chi connectivity index (χ4v) is 7.08. The fourth-order valence-electron chi connectivity index (χ4n) is 5.08. The Morgan fingerprint density at radius 1 is 0.821 bits per heavy atom. The van der Waals surface area contributed by atoms with Gasteiger partial charge in [0.25, 0.3) is 0 Å². The van der Waals surface area contributed by atoms with E-state index in [1.807, 2.05) is 41.5 Å². The van der Waals surface area contributed by atoms with Crippen molar-refractivity contribution in [1.82, 2.24) is 9.80 Å². The van der Waals surface area contributed by atoms with Crippen LogP contribution in [0.1, 0.15) is 80.1 Å². The van der Waals surface area contributed by atoms with E-state index < -0.39 is 16.8 Å². The average molecular weight is 585 g/mol. The summed E-state index contributed by atoms with van der Waals surface area (Å²) in [7, 11) is 0. The van der Waals surface area contributed by atoms with E-state index in [2.05, 4.69) is 0 Å². The summed E-state index contributed by atoms with van der Waals surface area (Å²) in [5, 5.41) is 11.0. The Kier molecular flexibility index (Phi) is 10.5. The van der Waals surface area contributed by atoms with Crippen molar-refractivity contribution in [2.24, 2.45) is 5.92 Å². The highest BCUT2D eigenvalue weighted by Crippen LogP contribution is 2.40. The second-order valence-corrected chi connectivity index (χ2v) is 14.7. The summed E-state index contributed by atoms with van der Waals surface area (Å²) in [5.74, 6) is 1.43. The molecule has 0 spiro atoms. The molecule has 0 bridgehead atoms. The minimum Gasteiger partial charge on any atom is -0.444 e. The van der Waals surface area contributed by atoms with Gasteiger partial charge in [-0.3, -0.25) is 9.59 Å². The van der Waals surface area contributed by atoms with Crippen LogP contribution in [0.3, 0.4) is 0 Å². The first-order valence-electron chi connectivity index (χ1n) is 13.8. The van der Waals surface area contributed by atoms with Crippen LogP contribution in [0.2, 0.25) is 0 Å². The number of hydrogen-bond donors (Lipinski definition) is 1. The monoisotopic (exact) mass is 584 g/mol. The standard InChI is InChI=1S/C14H23NO4S.C14H21NO3S/c1-13(2,3)19-12(17)15-7-5-14(18,6-8-15)10-4-9-20-11(10)16;1-14(2,3)18-13(17)15-7-4-10(5-8-15)11-6-9-19-12(11)16/h10,18H,4-9H2,1-3H3;4-9H2,1-3H3. The van der Waals surface area contributed by atoms with Crippen LogP contribution >= 0.6 is 23.5 Å². The van der Waals surface area contributed by atoms with E-state index in [1.54, 1.807) is 9.80 Å². The molecular formula is C28H44N2O7S2. The van der Waals surface area contributed by atoms with E-state index in [1.165, 1.54) is 29.1 Å². The molecule has 0 saturated carbocycles. The van der Waals surface area contributed by atoms with Gasteiger partial charge in [-0.25, -0.2) is 9.59 Å². The van der Waals surface area contributed by atoms with Gasteiger partial charge in [0.1, 0.15) is 11.2 Å². The zero-order valence-corrected chi connectivity index (χ0v) is 25.8. The highest BCUT2D eigenvalue weighted by Gasteiger charge is 2.46. The van der Waals surface area contributed by atoms with Crippen molar-refractivity contribution in [3.05, 3.63) is 11.1 Å². The Bertz CT molecular complexity index is 965. The first kappa shape index (κ1) is 31.8. The van der Waals surface area contributed by atoms with Crippen molar-refractivity contribution in [3.8, 4) is 0 Å². The van der Waals surface area contributed by atoms with Crippen LogP contribution in [0.15, 0.2) is 11.1 Å². The summed E-state index contributed by atoms with van der Waals surface area (Å²) in [4.78, 5) is 50.7. The maximum atomic E-state index is 12.0. The zero-order chi connectivity index (χ0) is 29.0. The van der Waals surface area contributed by atoms with Crippen molar-refractivity contribution in [1.29, 1.82) is 0 Å². The van der Waals surface area contributed by atoms with E-state index in [9.17, 15) is 24.3 Å². The van der Waals surface area contributed by atoms with Gasteiger partial charge < -0.3 is 24.4 Å². The zero-order valence-electron chi connectivity index (χ0n) is 24.2. The van der Waals surface area contributed by atoms with Gasteiger partial charge in [-0.05, 0) is 80.1 Å². The van der Waals surface area contributed by atoms with Crippen molar-refractivity contribution < 1.29 is 33.8 Å². The van der Waals surface area contributed by atoms with E-state index in [0.717, 1.165) is 42.8 Å². The summed E-state index contributed by atoms with van der Waals surface area (Å²) >= 11 is 2.72. The number of carbonyl (C=O) groups excluding carboxylic acids is 4. The molecular weight excluding hydrogens is 540 g/mol. The molecule has 4 heterocycles. The van der Waals surface area contributed by atoms with E-state index >= 15 is 0 Å². The first-order valence-corrected chi connectivity index (χ1v) is 15.8. The predicted octanol–water partition coefficient (Wildman–Crippen LogP) is 5.01. The molecule has 4 fully saturated rings. The number of thioether (sulfide) groups is 2. The molecule has 9 nitrogen and oxygen atoms in total. The number of hydrogen-bond acceptors (Lipinski definition) is 9. The average Bonchev–Trinajstić information content (AvgIpc) is 3.46. The van der Waals surface area contributed by atoms with Gasteiger partial charge >= 0.3 is 12.2 Å².